The first-order valence-corrected chi connectivity index (χ1v) is 16.3. The number of carbonyl (C=O) groups is 1. The molecule has 4 aromatic carbocycles. The first-order valence-electron chi connectivity index (χ1n) is 14.1. The number of H-pyrrole nitrogens is 1. The number of fused-ring (bicyclic) bond motifs is 2. The zero-order chi connectivity index (χ0) is 36.0. The van der Waals surface area contributed by atoms with E-state index in [0.717, 1.165) is 29.1 Å². The molecule has 0 fully saturated rings. The van der Waals surface area contributed by atoms with Crippen molar-refractivity contribution in [2.24, 2.45) is 20.5 Å². The molecule has 0 amide bonds. The number of hydrogen-bond donors (Lipinski definition) is 5. The maximum atomic E-state index is 13.1. The van der Waals surface area contributed by atoms with E-state index in [2.05, 4.69) is 39.9 Å². The van der Waals surface area contributed by atoms with Gasteiger partial charge in [-0.15, -0.1) is 19.7 Å². The Morgan fingerprint density at radius 2 is 1.63 bits per heavy atom. The maximum absolute atomic E-state index is 13.1. The number of aromatic amines is 1. The van der Waals surface area contributed by atoms with Crippen LogP contribution in [0.15, 0.2) is 120 Å². The fourth-order valence-electron chi connectivity index (χ4n) is 4.60. The van der Waals surface area contributed by atoms with Crippen LogP contribution in [0.2, 0.25) is 0 Å². The number of hydrogen-bond acceptors (Lipinski definition) is 14. The normalized spacial score (nSPS) is 11.5. The maximum Gasteiger partial charge on any atom is 0.300 e. The third-order valence-electron chi connectivity index (χ3n) is 6.76. The Morgan fingerprint density at radius 1 is 0.941 bits per heavy atom. The molecule has 51 heavy (non-hydrogen) atoms. The van der Waals surface area contributed by atoms with E-state index in [1.807, 2.05) is 12.1 Å². The Labute approximate surface area is 302 Å². The van der Waals surface area contributed by atoms with Gasteiger partial charge in [-0.05, 0) is 73.0 Å². The Balaban J connectivity index is 0.00000111. The zero-order valence-corrected chi connectivity index (χ0v) is 28.7. The summed E-state index contributed by atoms with van der Waals surface area (Å²) in [4.78, 5) is 26.4. The van der Waals surface area contributed by atoms with E-state index in [4.69, 9.17) is 15.2 Å². The molecule has 0 aliphatic carbocycles. The number of benzene rings is 4. The summed E-state index contributed by atoms with van der Waals surface area (Å²) in [6.45, 7) is 2.70. The number of aromatic hydroxyl groups is 1. The number of phenols is 1. The van der Waals surface area contributed by atoms with Crippen LogP contribution in [0.1, 0.15) is 12.6 Å². The van der Waals surface area contributed by atoms with Crippen molar-refractivity contribution >= 4 is 72.6 Å². The Kier molecular flexibility index (Phi) is 12.5. The molecule has 267 valence electrons. The van der Waals surface area contributed by atoms with Gasteiger partial charge in [-0.2, -0.15) is 13.5 Å². The summed E-state index contributed by atoms with van der Waals surface area (Å²) in [5.74, 6) is -1.06. The molecular weight excluding hydrogens is 758 g/mol. The summed E-state index contributed by atoms with van der Waals surface area (Å²) in [6.07, 6.45) is 1.64. The van der Waals surface area contributed by atoms with E-state index in [1.54, 1.807) is 55.6 Å². The molecule has 2 aromatic heterocycles. The molecule has 2 heterocycles. The molecule has 17 nitrogen and oxygen atoms in total. The van der Waals surface area contributed by atoms with Gasteiger partial charge in [-0.3, -0.25) is 24.2 Å². The fourth-order valence-corrected chi connectivity index (χ4v) is 5.57. The Hall–Kier alpha value is -5.31. The van der Waals surface area contributed by atoms with Gasteiger partial charge in [0.25, 0.3) is 21.6 Å². The van der Waals surface area contributed by atoms with Crippen LogP contribution in [0.25, 0.3) is 27.4 Å². The number of rotatable bonds is 9. The molecular formula is C31H25CuN7O10S2. The molecule has 0 aliphatic heterocycles. The quantitative estimate of drug-likeness (QED) is 0.0239. The van der Waals surface area contributed by atoms with Gasteiger partial charge in [0, 0.05) is 41.0 Å². The molecule has 1 radical (unpaired) electrons. The first kappa shape index (κ1) is 38.5. The van der Waals surface area contributed by atoms with Crippen molar-refractivity contribution in [3.8, 4) is 11.4 Å². The van der Waals surface area contributed by atoms with Crippen LogP contribution in [-0.4, -0.2) is 49.2 Å². The first-order chi connectivity index (χ1) is 23.9. The largest absolute Gasteiger partial charge is 0.505 e. The molecule has 0 unspecified atom stereocenters. The van der Waals surface area contributed by atoms with Crippen molar-refractivity contribution in [3.05, 3.63) is 101 Å². The summed E-state index contributed by atoms with van der Waals surface area (Å²) in [7, 11) is -4.39. The third kappa shape index (κ3) is 9.08. The monoisotopic (exact) mass is 782 g/mol. The van der Waals surface area contributed by atoms with Crippen molar-refractivity contribution in [1.82, 2.24) is 14.8 Å². The van der Waals surface area contributed by atoms with Crippen LogP contribution in [-0.2, 0) is 41.4 Å². The summed E-state index contributed by atoms with van der Waals surface area (Å²) < 4.78 is 37.7. The van der Waals surface area contributed by atoms with Crippen molar-refractivity contribution in [3.63, 3.8) is 0 Å². The van der Waals surface area contributed by atoms with E-state index in [-0.39, 0.29) is 44.0 Å². The summed E-state index contributed by atoms with van der Waals surface area (Å²) in [5, 5.41) is 52.6. The minimum absolute atomic E-state index is 0. The van der Waals surface area contributed by atoms with Gasteiger partial charge in [0.05, 0.1) is 44.4 Å². The Morgan fingerprint density at radius 3 is 2.31 bits per heavy atom. The second kappa shape index (κ2) is 16.6. The fraction of sp³-hybridized carbons (Fsp3) is 0.0645. The Bertz CT molecular complexity index is 2440. The minimum Gasteiger partial charge on any atom is -0.505 e. The molecule has 0 saturated carbocycles. The van der Waals surface area contributed by atoms with Crippen molar-refractivity contribution in [2.75, 3.05) is 0 Å². The predicted octanol–water partition coefficient (Wildman–Crippen LogP) is 7.48. The van der Waals surface area contributed by atoms with Crippen LogP contribution in [0.4, 0.5) is 22.7 Å². The molecule has 6 aromatic rings. The van der Waals surface area contributed by atoms with E-state index < -0.39 is 21.6 Å². The minimum atomic E-state index is -4.39. The summed E-state index contributed by atoms with van der Waals surface area (Å²) in [5.41, 5.74) is 1.63. The van der Waals surface area contributed by atoms with Crippen molar-refractivity contribution < 1.29 is 59.7 Å². The number of carboxylic acids is 1. The van der Waals surface area contributed by atoms with Gasteiger partial charge >= 0.3 is 0 Å². The summed E-state index contributed by atoms with van der Waals surface area (Å²) in [6, 6.07) is 20.5. The number of aliphatic carboxylic acids is 1. The van der Waals surface area contributed by atoms with Crippen LogP contribution in [0.5, 0.6) is 5.75 Å². The predicted molar refractivity (Wildman–Crippen MR) is 181 cm³/mol. The number of aryl methyl sites for hydroxylation is 1. The molecule has 0 aliphatic rings. The van der Waals surface area contributed by atoms with Gasteiger partial charge in [0.1, 0.15) is 11.4 Å². The topological polar surface area (TPSA) is 251 Å². The molecule has 6 rings (SSSR count). The van der Waals surface area contributed by atoms with E-state index >= 15 is 0 Å². The van der Waals surface area contributed by atoms with Gasteiger partial charge in [-0.1, -0.05) is 23.2 Å². The number of pyridine rings is 1. The molecule has 5 N–H and O–H groups in total. The number of carboxylic acid groups (broad SMARTS) is 1. The van der Waals surface area contributed by atoms with Crippen LogP contribution in [0, 0.1) is 6.92 Å². The van der Waals surface area contributed by atoms with Gasteiger partial charge in [0.15, 0.2) is 11.4 Å². The number of phenolic OH excluding ortho intramolecular Hbond substituents is 1. The van der Waals surface area contributed by atoms with Gasteiger partial charge in [-0.25, -0.2) is 9.94 Å². The second-order valence-electron chi connectivity index (χ2n) is 10.2. The molecule has 0 bridgehead atoms. The van der Waals surface area contributed by atoms with E-state index in [1.165, 1.54) is 12.1 Å². The molecule has 0 atom stereocenters. The second-order valence-corrected chi connectivity index (χ2v) is 12.3. The van der Waals surface area contributed by atoms with Crippen LogP contribution >= 0.6 is 12.0 Å². The molecule has 20 heteroatoms. The van der Waals surface area contributed by atoms with E-state index in [9.17, 15) is 22.9 Å². The number of nitrogens with one attached hydrogen (secondary N) is 1. The molecule has 0 spiro atoms. The average Bonchev–Trinajstić information content (AvgIpc) is 3.37. The standard InChI is InChI=1S/C29H21N7O8S2.C2H4O2.Cu/c1-16-25(29(38)36(35-16)20-8-10-21(11-9-20)46(40,41)42)33-31-19-7-12-22-18(14-19)15-24(45-44-43-39)27(28(22)37)34-32-23-6-2-4-17-5-3-13-30-26(17)23;1-2(3)4;/h2-15,35,37,39H,1H3,(H,40,41,42);1H3,(H,3,4);. The van der Waals surface area contributed by atoms with Crippen LogP contribution < -0.4 is 5.56 Å². The van der Waals surface area contributed by atoms with Crippen molar-refractivity contribution in [2.45, 2.75) is 23.6 Å². The number of nitrogens with zero attached hydrogens (tertiary/aromatic N) is 6. The van der Waals surface area contributed by atoms with Crippen molar-refractivity contribution in [1.29, 1.82) is 0 Å². The van der Waals surface area contributed by atoms with Gasteiger partial charge < -0.3 is 10.2 Å². The summed E-state index contributed by atoms with van der Waals surface area (Å²) >= 11 is 0.586. The smallest absolute Gasteiger partial charge is 0.300 e. The van der Waals surface area contributed by atoms with Gasteiger partial charge in [0.2, 0.25) is 0 Å². The molecule has 0 saturated heterocycles. The average molecular weight is 783 g/mol. The zero-order valence-electron chi connectivity index (χ0n) is 26.1. The number of para-hydroxylation sites is 1. The number of aromatic nitrogens is 3. The SMILES string of the molecule is CC(=O)O.Cc1[nH]n(-c2ccc(S(=O)(=O)O)cc2)c(=O)c1N=Nc1ccc2c(O)c(N=Nc3cccc4cccnc34)c(SOOO)cc2c1.[Cu]. The third-order valence-corrected chi connectivity index (χ3v) is 8.24. The van der Waals surface area contributed by atoms with E-state index in [0.29, 0.717) is 51.1 Å². The van der Waals surface area contributed by atoms with Crippen LogP contribution in [0.3, 0.4) is 0 Å². The number of azo groups is 2.